The van der Waals surface area contributed by atoms with E-state index in [1.165, 1.54) is 0 Å². The molecule has 17 heavy (non-hydrogen) atoms. The number of hydrogen-bond acceptors (Lipinski definition) is 3. The highest BCUT2D eigenvalue weighted by atomic mass is 16.5. The number of benzene rings is 1. The fraction of sp³-hybridized carbons (Fsp3) is 0.571. The van der Waals surface area contributed by atoms with Crippen molar-refractivity contribution in [3.05, 3.63) is 29.8 Å². The van der Waals surface area contributed by atoms with Crippen LogP contribution in [0.25, 0.3) is 0 Å². The largest absolute Gasteiger partial charge is 0.497 e. The van der Waals surface area contributed by atoms with Gasteiger partial charge in [-0.05, 0) is 37.0 Å². The predicted octanol–water partition coefficient (Wildman–Crippen LogP) is 2.69. The van der Waals surface area contributed by atoms with Gasteiger partial charge in [0.2, 0.25) is 0 Å². The van der Waals surface area contributed by atoms with Crippen molar-refractivity contribution in [1.82, 2.24) is 0 Å². The maximum absolute atomic E-state index is 10.2. The molecule has 0 aromatic heterocycles. The Balaban J connectivity index is 2.01. The second-order valence-corrected chi connectivity index (χ2v) is 4.50. The fourth-order valence-corrected chi connectivity index (χ4v) is 2.28. The van der Waals surface area contributed by atoms with Crippen LogP contribution in [0.1, 0.15) is 37.9 Å². The summed E-state index contributed by atoms with van der Waals surface area (Å²) in [6.45, 7) is 2.12. The molecule has 0 aliphatic carbocycles. The van der Waals surface area contributed by atoms with E-state index in [0.29, 0.717) is 6.10 Å². The Labute approximate surface area is 102 Å². The SMILES string of the molecule is CC[C@H]1CC[C@@H]([C@H](O)c2ccc(OC)cc2)O1. The van der Waals surface area contributed by atoms with Gasteiger partial charge in [0, 0.05) is 0 Å². The maximum atomic E-state index is 10.2. The van der Waals surface area contributed by atoms with E-state index in [-0.39, 0.29) is 6.10 Å². The van der Waals surface area contributed by atoms with Gasteiger partial charge in [0.05, 0.1) is 19.3 Å². The summed E-state index contributed by atoms with van der Waals surface area (Å²) in [6.07, 6.45) is 2.73. The topological polar surface area (TPSA) is 38.7 Å². The van der Waals surface area contributed by atoms with Gasteiger partial charge in [-0.25, -0.2) is 0 Å². The highest BCUT2D eigenvalue weighted by Crippen LogP contribution is 2.31. The standard InChI is InChI=1S/C14H20O3/c1-3-11-8-9-13(17-11)14(15)10-4-6-12(16-2)7-5-10/h4-7,11,13-15H,3,8-9H2,1-2H3/t11-,13-,14+/m0/s1. The number of methoxy groups -OCH3 is 1. The zero-order valence-electron chi connectivity index (χ0n) is 10.4. The van der Waals surface area contributed by atoms with E-state index < -0.39 is 6.10 Å². The molecular weight excluding hydrogens is 216 g/mol. The van der Waals surface area contributed by atoms with E-state index >= 15 is 0 Å². The van der Waals surface area contributed by atoms with Gasteiger partial charge in [-0.15, -0.1) is 0 Å². The number of ether oxygens (including phenoxy) is 2. The first-order valence-corrected chi connectivity index (χ1v) is 6.22. The van der Waals surface area contributed by atoms with Gasteiger partial charge in [-0.3, -0.25) is 0 Å². The number of aliphatic hydroxyl groups is 1. The van der Waals surface area contributed by atoms with E-state index in [2.05, 4.69) is 6.92 Å². The van der Waals surface area contributed by atoms with Crippen molar-refractivity contribution in [1.29, 1.82) is 0 Å². The molecule has 1 N–H and O–H groups in total. The van der Waals surface area contributed by atoms with Crippen LogP contribution in [0.4, 0.5) is 0 Å². The Kier molecular flexibility index (Phi) is 4.02. The molecule has 1 aromatic rings. The highest BCUT2D eigenvalue weighted by molar-refractivity contribution is 5.29. The third-order valence-corrected chi connectivity index (χ3v) is 3.41. The van der Waals surface area contributed by atoms with Crippen LogP contribution in [-0.2, 0) is 4.74 Å². The molecule has 0 radical (unpaired) electrons. The molecule has 1 aromatic carbocycles. The van der Waals surface area contributed by atoms with Gasteiger partial charge < -0.3 is 14.6 Å². The average molecular weight is 236 g/mol. The summed E-state index contributed by atoms with van der Waals surface area (Å²) >= 11 is 0. The van der Waals surface area contributed by atoms with Crippen molar-refractivity contribution in [3.8, 4) is 5.75 Å². The molecule has 2 rings (SSSR count). The van der Waals surface area contributed by atoms with Gasteiger partial charge >= 0.3 is 0 Å². The lowest BCUT2D eigenvalue weighted by Crippen LogP contribution is -2.19. The summed E-state index contributed by atoms with van der Waals surface area (Å²) in [5.74, 6) is 0.805. The zero-order chi connectivity index (χ0) is 12.3. The van der Waals surface area contributed by atoms with Crippen LogP contribution >= 0.6 is 0 Å². The molecule has 0 amide bonds. The summed E-state index contributed by atoms with van der Waals surface area (Å²) in [4.78, 5) is 0. The van der Waals surface area contributed by atoms with Crippen molar-refractivity contribution in [3.63, 3.8) is 0 Å². The molecule has 3 atom stereocenters. The minimum atomic E-state index is -0.530. The van der Waals surface area contributed by atoms with Gasteiger partial charge in [-0.1, -0.05) is 19.1 Å². The molecule has 1 aliphatic rings. The molecule has 1 heterocycles. The third-order valence-electron chi connectivity index (χ3n) is 3.41. The van der Waals surface area contributed by atoms with Crippen LogP contribution in [0.2, 0.25) is 0 Å². The Morgan fingerprint density at radius 2 is 2.06 bits per heavy atom. The smallest absolute Gasteiger partial charge is 0.118 e. The van der Waals surface area contributed by atoms with E-state index in [4.69, 9.17) is 9.47 Å². The minimum absolute atomic E-state index is 0.0617. The molecule has 3 heteroatoms. The van der Waals surface area contributed by atoms with Crippen molar-refractivity contribution >= 4 is 0 Å². The fourth-order valence-electron chi connectivity index (χ4n) is 2.28. The van der Waals surface area contributed by atoms with Crippen LogP contribution in [-0.4, -0.2) is 24.4 Å². The molecule has 1 saturated heterocycles. The first kappa shape index (κ1) is 12.4. The number of hydrogen-bond donors (Lipinski definition) is 1. The first-order chi connectivity index (χ1) is 8.24. The van der Waals surface area contributed by atoms with E-state index in [9.17, 15) is 5.11 Å². The monoisotopic (exact) mass is 236 g/mol. The highest BCUT2D eigenvalue weighted by Gasteiger charge is 2.30. The molecule has 1 aliphatic heterocycles. The molecule has 0 bridgehead atoms. The average Bonchev–Trinajstić information content (AvgIpc) is 2.87. The Morgan fingerprint density at radius 1 is 1.35 bits per heavy atom. The molecular formula is C14H20O3. The Morgan fingerprint density at radius 3 is 2.59 bits per heavy atom. The van der Waals surface area contributed by atoms with Crippen LogP contribution in [0.5, 0.6) is 5.75 Å². The minimum Gasteiger partial charge on any atom is -0.497 e. The van der Waals surface area contributed by atoms with Crippen LogP contribution in [0, 0.1) is 0 Å². The van der Waals surface area contributed by atoms with Crippen molar-refractivity contribution in [2.75, 3.05) is 7.11 Å². The lowest BCUT2D eigenvalue weighted by molar-refractivity contribution is -0.0360. The molecule has 0 saturated carbocycles. The predicted molar refractivity (Wildman–Crippen MR) is 66.1 cm³/mol. The summed E-state index contributed by atoms with van der Waals surface area (Å²) in [5.41, 5.74) is 0.896. The second-order valence-electron chi connectivity index (χ2n) is 4.50. The second kappa shape index (κ2) is 5.52. The lowest BCUT2D eigenvalue weighted by Gasteiger charge is -2.19. The quantitative estimate of drug-likeness (QED) is 0.873. The lowest BCUT2D eigenvalue weighted by atomic mass is 10.0. The Hall–Kier alpha value is -1.06. The van der Waals surface area contributed by atoms with Gasteiger partial charge in [0.25, 0.3) is 0 Å². The molecule has 1 fully saturated rings. The number of rotatable bonds is 4. The maximum Gasteiger partial charge on any atom is 0.118 e. The molecule has 94 valence electrons. The summed E-state index contributed by atoms with van der Waals surface area (Å²) < 4.78 is 10.9. The Bertz CT molecular complexity index is 347. The van der Waals surface area contributed by atoms with Crippen LogP contribution in [0.15, 0.2) is 24.3 Å². The first-order valence-electron chi connectivity index (χ1n) is 6.22. The molecule has 0 unspecified atom stereocenters. The third kappa shape index (κ3) is 2.79. The van der Waals surface area contributed by atoms with Gasteiger partial charge in [0.1, 0.15) is 11.9 Å². The normalized spacial score (nSPS) is 25.8. The summed E-state index contributed by atoms with van der Waals surface area (Å²) in [6, 6.07) is 7.52. The number of aliphatic hydroxyl groups excluding tert-OH is 1. The van der Waals surface area contributed by atoms with Gasteiger partial charge in [-0.2, -0.15) is 0 Å². The van der Waals surface area contributed by atoms with Crippen molar-refractivity contribution in [2.24, 2.45) is 0 Å². The van der Waals surface area contributed by atoms with E-state index in [0.717, 1.165) is 30.6 Å². The van der Waals surface area contributed by atoms with Crippen molar-refractivity contribution < 1.29 is 14.6 Å². The van der Waals surface area contributed by atoms with Crippen LogP contribution in [0.3, 0.4) is 0 Å². The summed E-state index contributed by atoms with van der Waals surface area (Å²) in [7, 11) is 1.64. The molecule has 0 spiro atoms. The zero-order valence-corrected chi connectivity index (χ0v) is 10.4. The summed E-state index contributed by atoms with van der Waals surface area (Å²) in [5, 5.41) is 10.2. The van der Waals surface area contributed by atoms with Crippen LogP contribution < -0.4 is 4.74 Å². The van der Waals surface area contributed by atoms with E-state index in [1.807, 2.05) is 24.3 Å². The van der Waals surface area contributed by atoms with E-state index in [1.54, 1.807) is 7.11 Å². The van der Waals surface area contributed by atoms with Crippen molar-refractivity contribution in [2.45, 2.75) is 44.5 Å². The molecule has 3 nitrogen and oxygen atoms in total. The van der Waals surface area contributed by atoms with Gasteiger partial charge in [0.15, 0.2) is 0 Å².